The van der Waals surface area contributed by atoms with Crippen LogP contribution in [0, 0.1) is 0 Å². The first-order valence-corrected chi connectivity index (χ1v) is 5.65. The number of aromatic amines is 1. The Morgan fingerprint density at radius 1 is 1.35 bits per heavy atom. The van der Waals surface area contributed by atoms with Crippen LogP contribution in [0.5, 0.6) is 0 Å². The second-order valence-electron chi connectivity index (χ2n) is 4.00. The first-order valence-electron chi connectivity index (χ1n) is 5.65. The third-order valence-electron chi connectivity index (χ3n) is 2.99. The number of hydrogen-bond acceptors (Lipinski definition) is 3. The van der Waals surface area contributed by atoms with E-state index in [2.05, 4.69) is 9.97 Å². The van der Waals surface area contributed by atoms with Crippen LogP contribution in [0.3, 0.4) is 0 Å². The van der Waals surface area contributed by atoms with Crippen molar-refractivity contribution >= 4 is 16.9 Å². The molecular formula is C12H13N3O2. The van der Waals surface area contributed by atoms with E-state index in [0.717, 1.165) is 11.0 Å². The number of ether oxygens (including phenoxy) is 1. The Balaban J connectivity index is 1.97. The van der Waals surface area contributed by atoms with Crippen molar-refractivity contribution in [1.82, 2.24) is 14.9 Å². The minimum Gasteiger partial charge on any atom is -0.378 e. The predicted octanol–water partition coefficient (Wildman–Crippen LogP) is 1.04. The van der Waals surface area contributed by atoms with E-state index in [1.165, 1.54) is 0 Å². The lowest BCUT2D eigenvalue weighted by atomic mass is 10.1. The van der Waals surface area contributed by atoms with Gasteiger partial charge in [0.25, 0.3) is 5.91 Å². The van der Waals surface area contributed by atoms with Crippen molar-refractivity contribution in [3.63, 3.8) is 0 Å². The van der Waals surface area contributed by atoms with E-state index in [9.17, 15) is 4.79 Å². The Kier molecular flexibility index (Phi) is 2.53. The van der Waals surface area contributed by atoms with Crippen molar-refractivity contribution in [3.05, 3.63) is 30.1 Å². The van der Waals surface area contributed by atoms with Crippen LogP contribution in [-0.4, -0.2) is 47.1 Å². The van der Waals surface area contributed by atoms with Gasteiger partial charge < -0.3 is 14.6 Å². The summed E-state index contributed by atoms with van der Waals surface area (Å²) in [5.74, 6) is 0.0558. The maximum absolute atomic E-state index is 12.3. The monoisotopic (exact) mass is 231 g/mol. The van der Waals surface area contributed by atoms with Gasteiger partial charge in [0, 0.05) is 30.9 Å². The number of pyridine rings is 1. The van der Waals surface area contributed by atoms with Crippen molar-refractivity contribution in [1.29, 1.82) is 0 Å². The van der Waals surface area contributed by atoms with E-state index >= 15 is 0 Å². The van der Waals surface area contributed by atoms with Gasteiger partial charge in [-0.15, -0.1) is 0 Å². The number of fused-ring (bicyclic) bond motifs is 1. The average molecular weight is 231 g/mol. The molecule has 2 aromatic rings. The Morgan fingerprint density at radius 3 is 3.00 bits per heavy atom. The van der Waals surface area contributed by atoms with Crippen molar-refractivity contribution in [2.75, 3.05) is 26.3 Å². The number of carbonyl (C=O) groups is 1. The topological polar surface area (TPSA) is 58.2 Å². The van der Waals surface area contributed by atoms with Crippen LogP contribution in [0.15, 0.2) is 24.5 Å². The number of carbonyl (C=O) groups excluding carboxylic acids is 1. The highest BCUT2D eigenvalue weighted by Gasteiger charge is 2.20. The van der Waals surface area contributed by atoms with E-state index in [4.69, 9.17) is 4.74 Å². The van der Waals surface area contributed by atoms with Crippen LogP contribution in [0.2, 0.25) is 0 Å². The van der Waals surface area contributed by atoms with Gasteiger partial charge in [-0.05, 0) is 12.1 Å². The highest BCUT2D eigenvalue weighted by atomic mass is 16.5. The molecule has 1 fully saturated rings. The molecule has 0 spiro atoms. The van der Waals surface area contributed by atoms with E-state index in [1.807, 2.05) is 11.0 Å². The molecule has 1 N–H and O–H groups in total. The molecule has 0 bridgehead atoms. The van der Waals surface area contributed by atoms with Gasteiger partial charge in [0.2, 0.25) is 0 Å². The van der Waals surface area contributed by atoms with Crippen molar-refractivity contribution < 1.29 is 9.53 Å². The van der Waals surface area contributed by atoms with Gasteiger partial charge in [0.05, 0.1) is 18.8 Å². The summed E-state index contributed by atoms with van der Waals surface area (Å²) in [4.78, 5) is 21.4. The number of nitrogens with one attached hydrogen (secondary N) is 1. The molecule has 88 valence electrons. The van der Waals surface area contributed by atoms with Crippen LogP contribution in [0.1, 0.15) is 10.4 Å². The number of amides is 1. The smallest absolute Gasteiger partial charge is 0.254 e. The third-order valence-corrected chi connectivity index (χ3v) is 2.99. The van der Waals surface area contributed by atoms with E-state index in [-0.39, 0.29) is 5.91 Å². The van der Waals surface area contributed by atoms with Crippen LogP contribution in [-0.2, 0) is 4.74 Å². The fourth-order valence-electron chi connectivity index (χ4n) is 2.08. The highest BCUT2D eigenvalue weighted by Crippen LogP contribution is 2.17. The Labute approximate surface area is 98.4 Å². The normalized spacial score (nSPS) is 16.4. The highest BCUT2D eigenvalue weighted by molar-refractivity contribution is 6.05. The van der Waals surface area contributed by atoms with Crippen LogP contribution >= 0.6 is 0 Å². The van der Waals surface area contributed by atoms with Gasteiger partial charge >= 0.3 is 0 Å². The second-order valence-corrected chi connectivity index (χ2v) is 4.00. The van der Waals surface area contributed by atoms with Gasteiger partial charge in [-0.2, -0.15) is 0 Å². The zero-order valence-electron chi connectivity index (χ0n) is 9.35. The van der Waals surface area contributed by atoms with E-state index in [0.29, 0.717) is 31.9 Å². The molecule has 0 atom stereocenters. The fourth-order valence-corrected chi connectivity index (χ4v) is 2.08. The first-order chi connectivity index (χ1) is 8.36. The third kappa shape index (κ3) is 1.78. The number of hydrogen-bond donors (Lipinski definition) is 1. The van der Waals surface area contributed by atoms with Crippen LogP contribution in [0.4, 0.5) is 0 Å². The molecular weight excluding hydrogens is 218 g/mol. The summed E-state index contributed by atoms with van der Waals surface area (Å²) in [5.41, 5.74) is 1.46. The maximum Gasteiger partial charge on any atom is 0.254 e. The molecule has 1 saturated heterocycles. The standard InChI is InChI=1S/C12H13N3O2/c16-12(15-5-7-17-8-6-15)10-2-4-14-11-9(10)1-3-13-11/h1-4H,5-8H2,(H,13,14). The Bertz CT molecular complexity index is 543. The lowest BCUT2D eigenvalue weighted by Crippen LogP contribution is -2.40. The molecule has 1 amide bonds. The summed E-state index contributed by atoms with van der Waals surface area (Å²) >= 11 is 0. The van der Waals surface area contributed by atoms with Crippen molar-refractivity contribution in [3.8, 4) is 0 Å². The van der Waals surface area contributed by atoms with Crippen LogP contribution in [0.25, 0.3) is 11.0 Å². The molecule has 17 heavy (non-hydrogen) atoms. The Hall–Kier alpha value is -1.88. The number of rotatable bonds is 1. The quantitative estimate of drug-likeness (QED) is 0.797. The van der Waals surface area contributed by atoms with Gasteiger partial charge in [-0.3, -0.25) is 4.79 Å². The summed E-state index contributed by atoms with van der Waals surface area (Å²) in [6, 6.07) is 3.66. The molecule has 1 aliphatic rings. The van der Waals surface area contributed by atoms with E-state index < -0.39 is 0 Å². The zero-order valence-corrected chi connectivity index (χ0v) is 9.35. The van der Waals surface area contributed by atoms with Crippen LogP contribution < -0.4 is 0 Å². The number of H-pyrrole nitrogens is 1. The molecule has 3 rings (SSSR count). The van der Waals surface area contributed by atoms with Crippen molar-refractivity contribution in [2.24, 2.45) is 0 Å². The lowest BCUT2D eigenvalue weighted by molar-refractivity contribution is 0.0304. The fraction of sp³-hybridized carbons (Fsp3) is 0.333. The number of morpholine rings is 1. The molecule has 0 aliphatic carbocycles. The summed E-state index contributed by atoms with van der Waals surface area (Å²) in [6.45, 7) is 2.56. The minimum atomic E-state index is 0.0558. The van der Waals surface area contributed by atoms with E-state index in [1.54, 1.807) is 18.5 Å². The molecule has 0 saturated carbocycles. The predicted molar refractivity (Wildman–Crippen MR) is 62.8 cm³/mol. The summed E-state index contributed by atoms with van der Waals surface area (Å²) in [7, 11) is 0. The average Bonchev–Trinajstić information content (AvgIpc) is 2.87. The Morgan fingerprint density at radius 2 is 2.18 bits per heavy atom. The number of aromatic nitrogens is 2. The first kappa shape index (κ1) is 10.3. The molecule has 0 radical (unpaired) electrons. The molecule has 3 heterocycles. The maximum atomic E-state index is 12.3. The van der Waals surface area contributed by atoms with Gasteiger partial charge in [-0.25, -0.2) is 4.98 Å². The summed E-state index contributed by atoms with van der Waals surface area (Å²) in [6.07, 6.45) is 3.46. The number of nitrogens with zero attached hydrogens (tertiary/aromatic N) is 2. The van der Waals surface area contributed by atoms with Crippen molar-refractivity contribution in [2.45, 2.75) is 0 Å². The largest absolute Gasteiger partial charge is 0.378 e. The molecule has 0 aromatic carbocycles. The summed E-state index contributed by atoms with van der Waals surface area (Å²) < 4.78 is 5.25. The minimum absolute atomic E-state index is 0.0558. The van der Waals surface area contributed by atoms with Gasteiger partial charge in [-0.1, -0.05) is 0 Å². The molecule has 5 nitrogen and oxygen atoms in total. The van der Waals surface area contributed by atoms with Gasteiger partial charge in [0.1, 0.15) is 5.65 Å². The second kappa shape index (κ2) is 4.18. The van der Waals surface area contributed by atoms with Gasteiger partial charge in [0.15, 0.2) is 0 Å². The molecule has 0 unspecified atom stereocenters. The SMILES string of the molecule is O=C(c1ccnc2[nH]ccc12)N1CCOCC1. The summed E-state index contributed by atoms with van der Waals surface area (Å²) in [5, 5.41) is 0.879. The zero-order chi connectivity index (χ0) is 11.7. The molecule has 1 aliphatic heterocycles. The lowest BCUT2D eigenvalue weighted by Gasteiger charge is -2.27. The molecule has 2 aromatic heterocycles. The molecule has 5 heteroatoms.